The van der Waals surface area contributed by atoms with Crippen molar-refractivity contribution in [2.24, 2.45) is 0 Å². The molecule has 0 amide bonds. The van der Waals surface area contributed by atoms with Crippen molar-refractivity contribution in [2.45, 2.75) is 12.2 Å². The first-order valence-electron chi connectivity index (χ1n) is 10.3. The van der Waals surface area contributed by atoms with Crippen molar-refractivity contribution in [2.75, 3.05) is 19.3 Å². The second kappa shape index (κ2) is 9.41. The Morgan fingerprint density at radius 3 is 1.82 bits per heavy atom. The summed E-state index contributed by atoms with van der Waals surface area (Å²) >= 11 is 3.12. The third-order valence-corrected chi connectivity index (χ3v) is 8.08. The summed E-state index contributed by atoms with van der Waals surface area (Å²) in [5.41, 5.74) is 1.78. The van der Waals surface area contributed by atoms with Gasteiger partial charge in [0.1, 0.15) is 0 Å². The molecular weight excluding hydrogens is 460 g/mol. The zero-order chi connectivity index (χ0) is 22.8. The first-order valence-corrected chi connectivity index (χ1v) is 12.2. The summed E-state index contributed by atoms with van der Waals surface area (Å²) in [6, 6.07) is 10.9. The van der Waals surface area contributed by atoms with E-state index in [0.717, 1.165) is 21.1 Å². The van der Waals surface area contributed by atoms with Crippen molar-refractivity contribution in [3.63, 3.8) is 0 Å². The molecule has 6 nitrogen and oxygen atoms in total. The largest absolute Gasteiger partial charge is 0.454 e. The van der Waals surface area contributed by atoms with E-state index in [1.54, 1.807) is 59.9 Å². The number of ketones is 2. The van der Waals surface area contributed by atoms with E-state index in [0.29, 0.717) is 28.2 Å². The lowest BCUT2D eigenvalue weighted by Gasteiger charge is -2.05. The minimum Gasteiger partial charge on any atom is -0.454 e. The number of ether oxygens (including phenoxy) is 4. The van der Waals surface area contributed by atoms with Crippen molar-refractivity contribution in [1.82, 2.24) is 0 Å². The maximum absolute atomic E-state index is 13.1. The molecule has 0 aliphatic carbocycles. The Labute approximate surface area is 199 Å². The van der Waals surface area contributed by atoms with Gasteiger partial charge in [-0.05, 0) is 47.5 Å². The Kier molecular flexibility index (Phi) is 6.20. The van der Waals surface area contributed by atoms with Crippen molar-refractivity contribution in [1.29, 1.82) is 0 Å². The summed E-state index contributed by atoms with van der Waals surface area (Å²) < 4.78 is 22.2. The fraction of sp³-hybridized carbons (Fsp3) is 0.200. The quantitative estimate of drug-likeness (QED) is 0.322. The van der Waals surface area contributed by atoms with Crippen LogP contribution in [0.1, 0.15) is 18.1 Å². The highest BCUT2D eigenvalue weighted by atomic mass is 32.2. The molecule has 0 N–H and O–H groups in total. The Hall–Kier alpha value is -3.10. The predicted molar refractivity (Wildman–Crippen MR) is 130 cm³/mol. The number of rotatable bonds is 6. The van der Waals surface area contributed by atoms with Crippen molar-refractivity contribution >= 4 is 47.2 Å². The number of allylic oxidation sites excluding steroid dienone is 3. The average molecular weight is 481 g/mol. The molecule has 0 spiro atoms. The average Bonchev–Trinajstić information content (AvgIpc) is 3.56. The molecular formula is C25H20O6S2. The highest BCUT2D eigenvalue weighted by Crippen LogP contribution is 2.44. The van der Waals surface area contributed by atoms with Crippen LogP contribution in [0.3, 0.4) is 0 Å². The van der Waals surface area contributed by atoms with Gasteiger partial charge in [-0.3, -0.25) is 9.59 Å². The summed E-state index contributed by atoms with van der Waals surface area (Å²) in [5, 5.41) is 0.344. The molecule has 8 heteroatoms. The molecule has 2 aromatic rings. The maximum Gasteiger partial charge on any atom is 0.231 e. The lowest BCUT2D eigenvalue weighted by atomic mass is 10.1. The number of carbonyl (C=O) groups excluding carboxylic acids is 2. The highest BCUT2D eigenvalue weighted by molar-refractivity contribution is 8.25. The third kappa shape index (κ3) is 4.82. The van der Waals surface area contributed by atoms with Crippen LogP contribution in [-0.2, 0) is 9.59 Å². The lowest BCUT2D eigenvalue weighted by Crippen LogP contribution is -2.10. The first kappa shape index (κ1) is 21.7. The van der Waals surface area contributed by atoms with Crippen molar-refractivity contribution in [3.8, 4) is 23.0 Å². The smallest absolute Gasteiger partial charge is 0.231 e. The molecule has 2 aromatic carbocycles. The minimum atomic E-state index is -0.322. The topological polar surface area (TPSA) is 71.1 Å². The van der Waals surface area contributed by atoms with E-state index in [1.807, 2.05) is 12.1 Å². The van der Waals surface area contributed by atoms with Gasteiger partial charge in [0.05, 0.1) is 9.81 Å². The second-order valence-corrected chi connectivity index (χ2v) is 10.3. The molecule has 0 bridgehead atoms. The van der Waals surface area contributed by atoms with Gasteiger partial charge in [0.2, 0.25) is 13.6 Å². The van der Waals surface area contributed by atoms with Crippen molar-refractivity contribution in [3.05, 3.63) is 69.5 Å². The van der Waals surface area contributed by atoms with E-state index in [-0.39, 0.29) is 30.7 Å². The molecule has 168 valence electrons. The van der Waals surface area contributed by atoms with Gasteiger partial charge in [0.15, 0.2) is 34.6 Å². The summed E-state index contributed by atoms with van der Waals surface area (Å²) in [4.78, 5) is 26.3. The van der Waals surface area contributed by atoms with Gasteiger partial charge in [0, 0.05) is 11.0 Å². The monoisotopic (exact) mass is 480 g/mol. The molecule has 1 atom stereocenters. The molecule has 0 radical (unpaired) electrons. The number of hydrogen-bond acceptors (Lipinski definition) is 8. The van der Waals surface area contributed by atoms with E-state index in [9.17, 15) is 9.59 Å². The van der Waals surface area contributed by atoms with Crippen LogP contribution < -0.4 is 18.9 Å². The Morgan fingerprint density at radius 1 is 0.818 bits per heavy atom. The number of hydrogen-bond donors (Lipinski definition) is 0. The van der Waals surface area contributed by atoms with Crippen LogP contribution in [0.4, 0.5) is 0 Å². The summed E-state index contributed by atoms with van der Waals surface area (Å²) in [7, 11) is 0. The number of thioether (sulfide) groups is 2. The van der Waals surface area contributed by atoms with Crippen LogP contribution in [0.25, 0.3) is 12.2 Å². The lowest BCUT2D eigenvalue weighted by molar-refractivity contribution is -0.116. The summed E-state index contributed by atoms with van der Waals surface area (Å²) in [6.45, 7) is 2.46. The van der Waals surface area contributed by atoms with Gasteiger partial charge in [-0.25, -0.2) is 0 Å². The van der Waals surface area contributed by atoms with E-state index in [4.69, 9.17) is 18.9 Å². The molecule has 33 heavy (non-hydrogen) atoms. The number of benzene rings is 2. The minimum absolute atomic E-state index is 0.189. The van der Waals surface area contributed by atoms with Crippen LogP contribution >= 0.6 is 23.5 Å². The van der Waals surface area contributed by atoms with Gasteiger partial charge >= 0.3 is 0 Å². The first-order chi connectivity index (χ1) is 16.1. The molecule has 3 aliphatic heterocycles. The Bertz CT molecular complexity index is 1130. The number of fused-ring (bicyclic) bond motifs is 2. The maximum atomic E-state index is 13.1. The highest BCUT2D eigenvalue weighted by Gasteiger charge is 2.26. The molecule has 5 rings (SSSR count). The zero-order valence-corrected chi connectivity index (χ0v) is 19.4. The standard InChI is InChI=1S/C25H20O6S2/c1-15-12-32-25(33-15)24(18(26)6-2-16-4-8-20-22(10-16)30-13-28-20)19(27)7-3-17-5-9-21-23(11-17)31-14-29-21/h2-11,15H,12-14H2,1H3/b6-2+,7-3+/t15-/m1/s1. The second-order valence-electron chi connectivity index (χ2n) is 7.52. The van der Waals surface area contributed by atoms with E-state index < -0.39 is 0 Å². The van der Waals surface area contributed by atoms with Gasteiger partial charge in [0.25, 0.3) is 0 Å². The van der Waals surface area contributed by atoms with Gasteiger partial charge in [-0.2, -0.15) is 0 Å². The van der Waals surface area contributed by atoms with E-state index in [2.05, 4.69) is 6.92 Å². The van der Waals surface area contributed by atoms with Crippen LogP contribution in [0.2, 0.25) is 0 Å². The molecule has 3 heterocycles. The van der Waals surface area contributed by atoms with Crippen molar-refractivity contribution < 1.29 is 28.5 Å². The molecule has 1 fully saturated rings. The Morgan fingerprint density at radius 2 is 1.33 bits per heavy atom. The van der Waals surface area contributed by atoms with Crippen LogP contribution in [0, 0.1) is 0 Å². The molecule has 0 saturated carbocycles. The fourth-order valence-corrected chi connectivity index (χ4v) is 6.30. The van der Waals surface area contributed by atoms with E-state index >= 15 is 0 Å². The van der Waals surface area contributed by atoms with E-state index in [1.165, 1.54) is 12.2 Å². The summed E-state index contributed by atoms with van der Waals surface area (Å²) in [5.74, 6) is 2.86. The van der Waals surface area contributed by atoms with Crippen LogP contribution in [0.15, 0.2) is 58.4 Å². The number of carbonyl (C=O) groups is 2. The fourth-order valence-electron chi connectivity index (χ4n) is 3.44. The van der Waals surface area contributed by atoms with Crippen LogP contribution in [-0.4, -0.2) is 36.2 Å². The predicted octanol–water partition coefficient (Wildman–Crippen LogP) is 5.09. The van der Waals surface area contributed by atoms with Gasteiger partial charge in [-0.1, -0.05) is 31.2 Å². The molecule has 1 saturated heterocycles. The zero-order valence-electron chi connectivity index (χ0n) is 17.7. The molecule has 3 aliphatic rings. The van der Waals surface area contributed by atoms with Gasteiger partial charge < -0.3 is 18.9 Å². The normalized spacial score (nSPS) is 18.5. The summed E-state index contributed by atoms with van der Waals surface area (Å²) in [6.07, 6.45) is 6.26. The van der Waals surface area contributed by atoms with Crippen LogP contribution in [0.5, 0.6) is 23.0 Å². The molecule has 0 aromatic heterocycles. The third-order valence-electron chi connectivity index (χ3n) is 5.10. The van der Waals surface area contributed by atoms with Gasteiger partial charge in [-0.15, -0.1) is 23.5 Å². The Balaban J connectivity index is 1.37. The SMILES string of the molecule is C[C@@H]1CSC(=C(C(=O)/C=C/c2ccc3c(c2)OCO3)C(=O)/C=C/c2ccc3c(c2)OCO3)S1. The molecule has 0 unspecified atom stereocenters.